The van der Waals surface area contributed by atoms with E-state index in [1.807, 2.05) is 0 Å². The molecule has 1 aliphatic heterocycles. The summed E-state index contributed by atoms with van der Waals surface area (Å²) in [7, 11) is 0. The van der Waals surface area contributed by atoms with E-state index in [2.05, 4.69) is 26.1 Å². The summed E-state index contributed by atoms with van der Waals surface area (Å²) in [5.41, 5.74) is 0.0969. The molecule has 1 aliphatic rings. The number of hydrogen-bond acceptors (Lipinski definition) is 3. The molecular formula is C8H13NO2S. The van der Waals surface area contributed by atoms with Crippen molar-refractivity contribution in [2.45, 2.75) is 32.4 Å². The van der Waals surface area contributed by atoms with Gasteiger partial charge in [0.1, 0.15) is 0 Å². The van der Waals surface area contributed by atoms with Crippen molar-refractivity contribution in [2.75, 3.05) is 0 Å². The summed E-state index contributed by atoms with van der Waals surface area (Å²) in [6.45, 7) is 6.18. The van der Waals surface area contributed by atoms with E-state index in [9.17, 15) is 9.59 Å². The maximum atomic E-state index is 11.1. The third-order valence-electron chi connectivity index (χ3n) is 1.56. The number of hydrogen-bond donors (Lipinski definition) is 1. The Labute approximate surface area is 76.3 Å². The third-order valence-corrected chi connectivity index (χ3v) is 2.55. The molecule has 3 nitrogen and oxygen atoms in total. The highest BCUT2D eigenvalue weighted by molar-refractivity contribution is 8.15. The van der Waals surface area contributed by atoms with Crippen LogP contribution in [0.1, 0.15) is 27.2 Å². The smallest absolute Gasteiger partial charge is 0.286 e. The van der Waals surface area contributed by atoms with Gasteiger partial charge in [0.25, 0.3) is 5.24 Å². The molecule has 0 aromatic carbocycles. The van der Waals surface area contributed by atoms with Crippen molar-refractivity contribution >= 4 is 22.9 Å². The monoisotopic (exact) mass is 187 g/mol. The van der Waals surface area contributed by atoms with E-state index in [0.29, 0.717) is 0 Å². The molecule has 4 heteroatoms. The number of nitrogens with one attached hydrogen (secondary N) is 1. The van der Waals surface area contributed by atoms with Crippen molar-refractivity contribution in [2.24, 2.45) is 5.41 Å². The van der Waals surface area contributed by atoms with Gasteiger partial charge in [-0.05, 0) is 11.8 Å². The van der Waals surface area contributed by atoms with Crippen molar-refractivity contribution in [3.8, 4) is 0 Å². The second kappa shape index (κ2) is 3.09. The lowest BCUT2D eigenvalue weighted by atomic mass is 9.90. The number of imide groups is 1. The normalized spacial score (nSPS) is 24.4. The molecule has 68 valence electrons. The maximum absolute atomic E-state index is 11.1. The van der Waals surface area contributed by atoms with Crippen LogP contribution in [0.25, 0.3) is 0 Å². The van der Waals surface area contributed by atoms with Crippen LogP contribution in [0.5, 0.6) is 0 Å². The van der Waals surface area contributed by atoms with Gasteiger partial charge < -0.3 is 0 Å². The number of carbonyl (C=O) groups excluding carboxylic acids is 2. The Kier molecular flexibility index (Phi) is 2.46. The van der Waals surface area contributed by atoms with Gasteiger partial charge in [-0.15, -0.1) is 0 Å². The first-order valence-corrected chi connectivity index (χ1v) is 4.78. The van der Waals surface area contributed by atoms with Gasteiger partial charge in [0, 0.05) is 0 Å². The van der Waals surface area contributed by atoms with E-state index >= 15 is 0 Å². The van der Waals surface area contributed by atoms with E-state index in [4.69, 9.17) is 0 Å². The largest absolute Gasteiger partial charge is 0.286 e. The molecule has 0 aromatic rings. The van der Waals surface area contributed by atoms with Crippen molar-refractivity contribution in [1.82, 2.24) is 5.32 Å². The summed E-state index contributed by atoms with van der Waals surface area (Å²) in [6.07, 6.45) is 0.745. The Morgan fingerprint density at radius 2 is 2.00 bits per heavy atom. The lowest BCUT2D eigenvalue weighted by molar-refractivity contribution is -0.119. The molecule has 1 rings (SSSR count). The Balaban J connectivity index is 2.54. The first-order valence-electron chi connectivity index (χ1n) is 3.90. The van der Waals surface area contributed by atoms with E-state index in [-0.39, 0.29) is 21.8 Å². The van der Waals surface area contributed by atoms with E-state index in [1.165, 1.54) is 0 Å². The highest BCUT2D eigenvalue weighted by Crippen LogP contribution is 2.30. The minimum Gasteiger partial charge on any atom is -0.286 e. The number of thioether (sulfide) groups is 1. The molecule has 1 N–H and O–H groups in total. The molecule has 12 heavy (non-hydrogen) atoms. The highest BCUT2D eigenvalue weighted by Gasteiger charge is 2.34. The summed E-state index contributed by atoms with van der Waals surface area (Å²) < 4.78 is 0. The molecule has 1 atom stereocenters. The zero-order chi connectivity index (χ0) is 9.35. The summed E-state index contributed by atoms with van der Waals surface area (Å²) in [5.74, 6) is -0.139. The Morgan fingerprint density at radius 3 is 2.33 bits per heavy atom. The van der Waals surface area contributed by atoms with Crippen LogP contribution in [0.2, 0.25) is 0 Å². The topological polar surface area (TPSA) is 46.2 Å². The fraction of sp³-hybridized carbons (Fsp3) is 0.750. The summed E-state index contributed by atoms with van der Waals surface area (Å²) in [6, 6.07) is 0. The van der Waals surface area contributed by atoms with Crippen molar-refractivity contribution in [3.63, 3.8) is 0 Å². The zero-order valence-corrected chi connectivity index (χ0v) is 8.33. The van der Waals surface area contributed by atoms with E-state index in [0.717, 1.165) is 18.2 Å². The molecule has 0 bridgehead atoms. The molecule has 0 radical (unpaired) electrons. The molecule has 1 heterocycles. The van der Waals surface area contributed by atoms with Crippen LogP contribution in [0.3, 0.4) is 0 Å². The highest BCUT2D eigenvalue weighted by atomic mass is 32.2. The van der Waals surface area contributed by atoms with E-state index in [1.54, 1.807) is 0 Å². The predicted octanol–water partition coefficient (Wildman–Crippen LogP) is 1.77. The number of amides is 2. The van der Waals surface area contributed by atoms with Crippen LogP contribution in [0, 0.1) is 5.41 Å². The molecular weight excluding hydrogens is 174 g/mol. The van der Waals surface area contributed by atoms with Gasteiger partial charge >= 0.3 is 0 Å². The lowest BCUT2D eigenvalue weighted by Gasteiger charge is -2.19. The fourth-order valence-corrected chi connectivity index (χ4v) is 2.25. The van der Waals surface area contributed by atoms with Crippen LogP contribution < -0.4 is 5.32 Å². The SMILES string of the molecule is CC(C)(C)CC1SC(=O)NC1=O. The van der Waals surface area contributed by atoms with Gasteiger partial charge in [0.2, 0.25) is 5.91 Å². The number of rotatable bonds is 1. The first kappa shape index (κ1) is 9.58. The van der Waals surface area contributed by atoms with Crippen molar-refractivity contribution in [3.05, 3.63) is 0 Å². The van der Waals surface area contributed by atoms with Gasteiger partial charge in [-0.25, -0.2) is 0 Å². The Morgan fingerprint density at radius 1 is 1.42 bits per heavy atom. The first-order chi connectivity index (χ1) is 5.38. The second-order valence-corrected chi connectivity index (χ2v) is 5.32. The second-order valence-electron chi connectivity index (χ2n) is 4.15. The van der Waals surface area contributed by atoms with Gasteiger partial charge in [-0.2, -0.15) is 0 Å². The van der Waals surface area contributed by atoms with Crippen LogP contribution in [-0.4, -0.2) is 16.4 Å². The summed E-state index contributed by atoms with van der Waals surface area (Å²) in [4.78, 5) is 21.9. The maximum Gasteiger partial charge on any atom is 0.286 e. The van der Waals surface area contributed by atoms with Gasteiger partial charge in [0.05, 0.1) is 5.25 Å². The lowest BCUT2D eigenvalue weighted by Crippen LogP contribution is -2.27. The molecule has 1 fully saturated rings. The van der Waals surface area contributed by atoms with Crippen LogP contribution in [0.15, 0.2) is 0 Å². The fourth-order valence-electron chi connectivity index (χ4n) is 1.08. The van der Waals surface area contributed by atoms with Crippen LogP contribution >= 0.6 is 11.8 Å². The minimum absolute atomic E-state index is 0.0969. The predicted molar refractivity (Wildman–Crippen MR) is 49.0 cm³/mol. The number of carbonyl (C=O) groups is 2. The van der Waals surface area contributed by atoms with Crippen molar-refractivity contribution in [1.29, 1.82) is 0 Å². The minimum atomic E-state index is -0.214. The molecule has 2 amide bonds. The molecule has 1 unspecified atom stereocenters. The molecule has 1 saturated heterocycles. The molecule has 0 saturated carbocycles. The standard InChI is InChI=1S/C8H13NO2S/c1-8(2,3)4-5-6(10)9-7(11)12-5/h5H,4H2,1-3H3,(H,9,10,11). The van der Waals surface area contributed by atoms with Gasteiger partial charge in [-0.3, -0.25) is 14.9 Å². The quantitative estimate of drug-likeness (QED) is 0.680. The zero-order valence-electron chi connectivity index (χ0n) is 7.51. The van der Waals surface area contributed by atoms with E-state index < -0.39 is 0 Å². The van der Waals surface area contributed by atoms with Crippen molar-refractivity contribution < 1.29 is 9.59 Å². The van der Waals surface area contributed by atoms with Crippen LogP contribution in [-0.2, 0) is 4.79 Å². The third kappa shape index (κ3) is 2.52. The summed E-state index contributed by atoms with van der Waals surface area (Å²) in [5, 5.41) is 1.88. The van der Waals surface area contributed by atoms with Crippen LogP contribution in [0.4, 0.5) is 4.79 Å². The molecule has 0 spiro atoms. The molecule has 0 aromatic heterocycles. The van der Waals surface area contributed by atoms with Gasteiger partial charge in [0.15, 0.2) is 0 Å². The Bertz CT molecular complexity index is 220. The Hall–Kier alpha value is -0.510. The summed E-state index contributed by atoms with van der Waals surface area (Å²) >= 11 is 1.10. The average molecular weight is 187 g/mol. The van der Waals surface area contributed by atoms with Gasteiger partial charge in [-0.1, -0.05) is 32.5 Å². The average Bonchev–Trinajstić information content (AvgIpc) is 2.06. The molecule has 0 aliphatic carbocycles.